The minimum Gasteiger partial charge on any atom is -0.383 e. The van der Waals surface area contributed by atoms with Crippen molar-refractivity contribution in [3.63, 3.8) is 0 Å². The lowest BCUT2D eigenvalue weighted by molar-refractivity contribution is -0.137. The summed E-state index contributed by atoms with van der Waals surface area (Å²) in [5.74, 6) is -1.80. The van der Waals surface area contributed by atoms with E-state index in [2.05, 4.69) is 25.3 Å². The highest BCUT2D eigenvalue weighted by Crippen LogP contribution is 2.34. The maximum absolute atomic E-state index is 15.0. The summed E-state index contributed by atoms with van der Waals surface area (Å²) in [5, 5.41) is 7.13. The zero-order valence-corrected chi connectivity index (χ0v) is 21.8. The maximum atomic E-state index is 15.0. The van der Waals surface area contributed by atoms with Crippen LogP contribution in [0.2, 0.25) is 0 Å². The van der Waals surface area contributed by atoms with Gasteiger partial charge in [-0.15, -0.1) is 0 Å². The number of fused-ring (bicyclic) bond motifs is 1. The number of hydrogen-bond acceptors (Lipinski definition) is 7. The average molecular weight is 560 g/mol. The fraction of sp³-hybridized carbons (Fsp3) is 0.333. The predicted molar refractivity (Wildman–Crippen MR) is 143 cm³/mol. The summed E-state index contributed by atoms with van der Waals surface area (Å²) in [4.78, 5) is 22.7. The monoisotopic (exact) mass is 559 g/mol. The maximum Gasteiger partial charge on any atom is 0.419 e. The SMILES string of the molecule is C\C=C/C(=C\C(F)=C\c1cnc2ccc(-c3cnc(N)c(C(F)(F)F)c3)nn12)C(=O)NCCCN1CCOCC1. The van der Waals surface area contributed by atoms with Gasteiger partial charge in [0.25, 0.3) is 5.91 Å². The second kappa shape index (κ2) is 12.8. The number of ether oxygens (including phenoxy) is 1. The number of allylic oxidation sites excluding steroid dienone is 3. The van der Waals surface area contributed by atoms with E-state index in [1.165, 1.54) is 35.1 Å². The van der Waals surface area contributed by atoms with Crippen LogP contribution in [-0.2, 0) is 15.7 Å². The van der Waals surface area contributed by atoms with E-state index in [1.807, 2.05) is 0 Å². The number of pyridine rings is 1. The Morgan fingerprint density at radius 1 is 1.20 bits per heavy atom. The molecule has 3 aromatic heterocycles. The van der Waals surface area contributed by atoms with Crippen molar-refractivity contribution < 1.29 is 27.1 Å². The lowest BCUT2D eigenvalue weighted by Gasteiger charge is -2.26. The third-order valence-electron chi connectivity index (χ3n) is 6.14. The topological polar surface area (TPSA) is 111 Å². The van der Waals surface area contributed by atoms with Gasteiger partial charge in [0.15, 0.2) is 5.65 Å². The third-order valence-corrected chi connectivity index (χ3v) is 6.14. The number of aromatic nitrogens is 4. The lowest BCUT2D eigenvalue weighted by atomic mass is 10.1. The number of nitrogens with two attached hydrogens (primary N) is 1. The molecular weight excluding hydrogens is 530 g/mol. The van der Waals surface area contributed by atoms with Gasteiger partial charge in [-0.2, -0.15) is 18.3 Å². The molecule has 3 N–H and O–H groups in total. The Morgan fingerprint density at radius 2 is 1.98 bits per heavy atom. The number of imidazole rings is 1. The van der Waals surface area contributed by atoms with E-state index < -0.39 is 29.3 Å². The second-order valence-electron chi connectivity index (χ2n) is 9.02. The van der Waals surface area contributed by atoms with E-state index in [4.69, 9.17) is 10.5 Å². The van der Waals surface area contributed by atoms with Crippen molar-refractivity contribution in [2.24, 2.45) is 0 Å². The number of rotatable bonds is 9. The summed E-state index contributed by atoms with van der Waals surface area (Å²) in [6.45, 7) is 6.10. The Balaban J connectivity index is 1.51. The Bertz CT molecular complexity index is 1440. The number of nitrogens with one attached hydrogen (secondary N) is 1. The minimum atomic E-state index is -4.69. The first-order valence-electron chi connectivity index (χ1n) is 12.6. The number of nitrogen functional groups attached to an aromatic ring is 1. The molecule has 0 aromatic carbocycles. The van der Waals surface area contributed by atoms with Gasteiger partial charge in [-0.1, -0.05) is 12.2 Å². The fourth-order valence-electron chi connectivity index (χ4n) is 4.12. The highest BCUT2D eigenvalue weighted by Gasteiger charge is 2.34. The molecule has 1 aliphatic rings. The molecule has 40 heavy (non-hydrogen) atoms. The number of carbonyl (C=O) groups is 1. The number of nitrogens with zero attached hydrogens (tertiary/aromatic N) is 5. The van der Waals surface area contributed by atoms with Gasteiger partial charge in [0.05, 0.1) is 36.4 Å². The first-order valence-corrected chi connectivity index (χ1v) is 12.6. The molecule has 0 unspecified atom stereocenters. The van der Waals surface area contributed by atoms with Gasteiger partial charge in [-0.25, -0.2) is 18.9 Å². The number of alkyl halides is 3. The number of amides is 1. The normalized spacial score (nSPS) is 15.7. The van der Waals surface area contributed by atoms with Gasteiger partial charge < -0.3 is 15.8 Å². The van der Waals surface area contributed by atoms with Crippen molar-refractivity contribution in [1.29, 1.82) is 0 Å². The number of carbonyl (C=O) groups excluding carboxylic acids is 1. The van der Waals surface area contributed by atoms with Crippen LogP contribution in [0, 0.1) is 0 Å². The highest BCUT2D eigenvalue weighted by molar-refractivity contribution is 5.96. The number of anilines is 1. The number of halogens is 4. The zero-order valence-electron chi connectivity index (χ0n) is 21.8. The van der Waals surface area contributed by atoms with E-state index in [0.717, 1.165) is 44.3 Å². The van der Waals surface area contributed by atoms with E-state index in [0.29, 0.717) is 25.4 Å². The minimum absolute atomic E-state index is 0.0769. The molecule has 13 heteroatoms. The van der Waals surface area contributed by atoms with E-state index in [-0.39, 0.29) is 22.5 Å². The molecule has 3 aromatic rings. The molecule has 0 saturated carbocycles. The van der Waals surface area contributed by atoms with Crippen LogP contribution in [-0.4, -0.2) is 69.8 Å². The molecule has 1 aliphatic heterocycles. The summed E-state index contributed by atoms with van der Waals surface area (Å²) in [6.07, 6.45) is 3.97. The van der Waals surface area contributed by atoms with Gasteiger partial charge in [0, 0.05) is 43.0 Å². The first kappa shape index (κ1) is 28.9. The van der Waals surface area contributed by atoms with E-state index in [9.17, 15) is 18.0 Å². The lowest BCUT2D eigenvalue weighted by Crippen LogP contribution is -2.38. The summed E-state index contributed by atoms with van der Waals surface area (Å²) in [7, 11) is 0. The summed E-state index contributed by atoms with van der Waals surface area (Å²) < 4.78 is 61.5. The number of hydrogen-bond donors (Lipinski definition) is 2. The van der Waals surface area contributed by atoms with Crippen LogP contribution in [0.1, 0.15) is 24.6 Å². The van der Waals surface area contributed by atoms with Gasteiger partial charge in [0.2, 0.25) is 0 Å². The molecule has 1 saturated heterocycles. The smallest absolute Gasteiger partial charge is 0.383 e. The summed E-state index contributed by atoms with van der Waals surface area (Å²) in [5.41, 5.74) is 5.23. The highest BCUT2D eigenvalue weighted by atomic mass is 19.4. The van der Waals surface area contributed by atoms with Crippen molar-refractivity contribution in [3.05, 3.63) is 71.5 Å². The molecule has 1 fully saturated rings. The molecule has 0 radical (unpaired) electrons. The second-order valence-corrected chi connectivity index (χ2v) is 9.02. The zero-order chi connectivity index (χ0) is 28.7. The summed E-state index contributed by atoms with van der Waals surface area (Å²) in [6, 6.07) is 3.87. The molecule has 212 valence electrons. The van der Waals surface area contributed by atoms with Crippen LogP contribution in [0.3, 0.4) is 0 Å². The van der Waals surface area contributed by atoms with Crippen LogP contribution in [0.4, 0.5) is 23.4 Å². The first-order chi connectivity index (χ1) is 19.2. The molecule has 0 atom stereocenters. The number of morpholine rings is 1. The molecule has 4 heterocycles. The van der Waals surface area contributed by atoms with E-state index >= 15 is 4.39 Å². The average Bonchev–Trinajstić information content (AvgIpc) is 3.32. The molecule has 0 aliphatic carbocycles. The molecular formula is C27H29F4N7O2. The molecule has 0 spiro atoms. The molecule has 1 amide bonds. The van der Waals surface area contributed by atoms with Gasteiger partial charge in [-0.05, 0) is 44.2 Å². The van der Waals surface area contributed by atoms with Crippen molar-refractivity contribution in [2.75, 3.05) is 45.1 Å². The quantitative estimate of drug-likeness (QED) is 0.176. The van der Waals surface area contributed by atoms with Crippen LogP contribution < -0.4 is 11.1 Å². The van der Waals surface area contributed by atoms with Crippen LogP contribution in [0.5, 0.6) is 0 Å². The fourth-order valence-corrected chi connectivity index (χ4v) is 4.12. The van der Waals surface area contributed by atoms with Crippen molar-refractivity contribution in [1.82, 2.24) is 29.8 Å². The van der Waals surface area contributed by atoms with Gasteiger partial charge in [-0.3, -0.25) is 9.69 Å². The van der Waals surface area contributed by atoms with Crippen LogP contribution >= 0.6 is 0 Å². The standard InChI is InChI=1S/C27H29F4N7O2/c1-2-4-18(26(39)33-7-3-8-37-9-11-40-12-10-37)13-20(28)15-21-17-34-24-6-5-23(36-38(21)24)19-14-22(27(29,30)31)25(32)35-16-19/h2,4-6,13-17H,3,7-12H2,1H3,(H2,32,35)(H,33,39)/b4-2-,18-13+,20-15-. The Hall–Kier alpha value is -4.10. The Labute approximate surface area is 228 Å². The van der Waals surface area contributed by atoms with Crippen LogP contribution in [0.15, 0.2) is 60.2 Å². The largest absolute Gasteiger partial charge is 0.419 e. The van der Waals surface area contributed by atoms with Crippen molar-refractivity contribution in [2.45, 2.75) is 19.5 Å². The Morgan fingerprint density at radius 3 is 2.70 bits per heavy atom. The van der Waals surface area contributed by atoms with E-state index in [1.54, 1.807) is 13.0 Å². The Kier molecular flexibility index (Phi) is 9.27. The van der Waals surface area contributed by atoms with Crippen molar-refractivity contribution >= 4 is 23.4 Å². The predicted octanol–water partition coefficient (Wildman–Crippen LogP) is 4.04. The third kappa shape index (κ3) is 7.30. The van der Waals surface area contributed by atoms with Gasteiger partial charge in [0.1, 0.15) is 11.6 Å². The van der Waals surface area contributed by atoms with Crippen molar-refractivity contribution in [3.8, 4) is 11.3 Å². The summed E-state index contributed by atoms with van der Waals surface area (Å²) >= 11 is 0. The molecule has 4 rings (SSSR count). The van der Waals surface area contributed by atoms with Gasteiger partial charge >= 0.3 is 6.18 Å². The van der Waals surface area contributed by atoms with Crippen LogP contribution in [0.25, 0.3) is 23.0 Å². The molecule has 9 nitrogen and oxygen atoms in total. The molecule has 0 bridgehead atoms.